The van der Waals surface area contributed by atoms with Gasteiger partial charge in [-0.3, -0.25) is 0 Å². The molecule has 1 aromatic carbocycles. The number of para-hydroxylation sites is 2. The van der Waals surface area contributed by atoms with Crippen LogP contribution >= 0.6 is 11.8 Å². The molecule has 2 aromatic rings. The van der Waals surface area contributed by atoms with Gasteiger partial charge in [-0.05, 0) is 12.1 Å². The average Bonchev–Trinajstić information content (AvgIpc) is 2.44. The van der Waals surface area contributed by atoms with Crippen molar-refractivity contribution in [3.63, 3.8) is 0 Å². The van der Waals surface area contributed by atoms with Crippen LogP contribution in [0.25, 0.3) is 11.0 Å². The summed E-state index contributed by atoms with van der Waals surface area (Å²) in [5, 5.41) is 0.385. The third-order valence-electron chi connectivity index (χ3n) is 1.63. The monoisotopic (exact) mass is 201 g/mol. The van der Waals surface area contributed by atoms with Crippen molar-refractivity contribution in [3.05, 3.63) is 24.3 Å². The number of thioether (sulfide) groups is 1. The van der Waals surface area contributed by atoms with Gasteiger partial charge in [-0.2, -0.15) is 8.78 Å². The summed E-state index contributed by atoms with van der Waals surface area (Å²) in [5.74, 6) is -2.40. The number of halogens is 2. The maximum Gasteiger partial charge on any atom is 0.319 e. The average molecular weight is 201 g/mol. The minimum absolute atomic E-state index is 0.385. The van der Waals surface area contributed by atoms with Crippen LogP contribution in [0.3, 0.4) is 0 Å². The van der Waals surface area contributed by atoms with Crippen molar-refractivity contribution in [2.45, 2.75) is 10.9 Å². The Hall–Kier alpha value is -1.10. The first-order valence-corrected chi connectivity index (χ1v) is 4.58. The molecule has 2 rings (SSSR count). The smallest absolute Gasteiger partial charge is 0.231 e. The quantitative estimate of drug-likeness (QED) is 0.742. The second-order valence-electron chi connectivity index (χ2n) is 2.50. The van der Waals surface area contributed by atoms with Crippen molar-refractivity contribution >= 4 is 22.8 Å². The second-order valence-corrected chi connectivity index (χ2v) is 3.50. The molecule has 0 radical (unpaired) electrons. The maximum absolute atomic E-state index is 12.0. The van der Waals surface area contributed by atoms with Gasteiger partial charge in [0, 0.05) is 11.8 Å². The second kappa shape index (κ2) is 3.33. The molecule has 5 heteroatoms. The lowest BCUT2D eigenvalue weighted by atomic mass is 10.3. The molecule has 0 saturated heterocycles. The Balaban J connectivity index is 2.38. The van der Waals surface area contributed by atoms with Crippen LogP contribution in [0.15, 0.2) is 29.4 Å². The molecule has 0 unspecified atom stereocenters. The van der Waals surface area contributed by atoms with Crippen molar-refractivity contribution in [1.29, 1.82) is 0 Å². The molecule has 0 amide bonds. The zero-order valence-electron chi connectivity index (χ0n) is 6.55. The van der Waals surface area contributed by atoms with E-state index in [1.54, 1.807) is 0 Å². The number of benzene rings is 1. The first kappa shape index (κ1) is 8.50. The summed E-state index contributed by atoms with van der Waals surface area (Å²) in [4.78, 5) is 5.71. The molecule has 1 heterocycles. The van der Waals surface area contributed by atoms with Gasteiger partial charge in [-0.1, -0.05) is 12.1 Å². The summed E-state index contributed by atoms with van der Waals surface area (Å²) < 4.78 is 23.9. The number of aromatic nitrogens is 2. The zero-order valence-corrected chi connectivity index (χ0v) is 7.37. The van der Waals surface area contributed by atoms with Crippen LogP contribution in [-0.4, -0.2) is 10.7 Å². The third-order valence-corrected chi connectivity index (χ3v) is 2.25. The Morgan fingerprint density at radius 3 is 2.77 bits per heavy atom. The molecular formula is C8H7F2N2S+. The highest BCUT2D eigenvalue weighted by Gasteiger charge is 2.15. The van der Waals surface area contributed by atoms with E-state index in [2.05, 4.69) is 9.97 Å². The number of hydrogen-bond donors (Lipinski definition) is 1. The van der Waals surface area contributed by atoms with E-state index in [4.69, 9.17) is 0 Å². The Kier molecular flexibility index (Phi) is 2.18. The Morgan fingerprint density at radius 1 is 1.31 bits per heavy atom. The first-order valence-electron chi connectivity index (χ1n) is 3.70. The van der Waals surface area contributed by atoms with Gasteiger partial charge < -0.3 is 0 Å². The van der Waals surface area contributed by atoms with E-state index in [1.165, 1.54) is 0 Å². The molecule has 0 aliphatic rings. The SMILES string of the molecule is FC(F)Sc1[nH]c2ccccc2[nH+]1. The van der Waals surface area contributed by atoms with Crippen LogP contribution in [-0.2, 0) is 0 Å². The molecule has 0 aliphatic carbocycles. The largest absolute Gasteiger partial charge is 0.319 e. The van der Waals surface area contributed by atoms with E-state index >= 15 is 0 Å². The summed E-state index contributed by atoms with van der Waals surface area (Å²) >= 11 is 0.480. The molecule has 0 fully saturated rings. The van der Waals surface area contributed by atoms with Crippen molar-refractivity contribution in [1.82, 2.24) is 4.98 Å². The number of H-pyrrole nitrogens is 2. The van der Waals surface area contributed by atoms with Gasteiger partial charge in [0.1, 0.15) is 0 Å². The van der Waals surface area contributed by atoms with E-state index in [0.717, 1.165) is 11.0 Å². The molecule has 0 aliphatic heterocycles. The lowest BCUT2D eigenvalue weighted by Gasteiger charge is -1.86. The minimum Gasteiger partial charge on any atom is -0.231 e. The van der Waals surface area contributed by atoms with Crippen LogP contribution in [0.5, 0.6) is 0 Å². The van der Waals surface area contributed by atoms with Gasteiger partial charge in [-0.15, -0.1) is 0 Å². The first-order chi connectivity index (χ1) is 6.25. The Labute approximate surface area is 77.4 Å². The summed E-state index contributed by atoms with van der Waals surface area (Å²) in [6.07, 6.45) is 0. The minimum atomic E-state index is -2.40. The summed E-state index contributed by atoms with van der Waals surface area (Å²) in [6, 6.07) is 7.37. The van der Waals surface area contributed by atoms with Crippen molar-refractivity contribution in [2.75, 3.05) is 0 Å². The van der Waals surface area contributed by atoms with E-state index in [0.29, 0.717) is 16.9 Å². The Morgan fingerprint density at radius 2 is 2.08 bits per heavy atom. The lowest BCUT2D eigenvalue weighted by Crippen LogP contribution is -2.02. The fraction of sp³-hybridized carbons (Fsp3) is 0.125. The molecule has 2 N–H and O–H groups in total. The molecule has 0 bridgehead atoms. The third kappa shape index (κ3) is 1.80. The van der Waals surface area contributed by atoms with Gasteiger partial charge in [0.25, 0.3) is 5.76 Å². The topological polar surface area (TPSA) is 29.9 Å². The summed E-state index contributed by atoms with van der Waals surface area (Å²) in [5.41, 5.74) is 1.68. The van der Waals surface area contributed by atoms with E-state index in [-0.39, 0.29) is 0 Å². The molecule has 68 valence electrons. The highest BCUT2D eigenvalue weighted by molar-refractivity contribution is 7.99. The standard InChI is InChI=1S/C8H6F2N2S/c9-7(10)13-8-11-5-3-1-2-4-6(5)12-8/h1-4,7H,(H,11,12)/p+1. The van der Waals surface area contributed by atoms with Gasteiger partial charge in [-0.25, -0.2) is 9.97 Å². The maximum atomic E-state index is 12.0. The number of fused-ring (bicyclic) bond motifs is 1. The summed E-state index contributed by atoms with van der Waals surface area (Å²) in [7, 11) is 0. The molecular weight excluding hydrogens is 194 g/mol. The zero-order chi connectivity index (χ0) is 9.26. The number of aromatic amines is 2. The summed E-state index contributed by atoms with van der Waals surface area (Å²) in [6.45, 7) is 0. The van der Waals surface area contributed by atoms with Gasteiger partial charge in [0.05, 0.1) is 0 Å². The molecule has 13 heavy (non-hydrogen) atoms. The number of nitrogens with one attached hydrogen (secondary N) is 2. The number of alkyl halides is 2. The van der Waals surface area contributed by atoms with Gasteiger partial charge in [0.2, 0.25) is 0 Å². The normalized spacial score (nSPS) is 11.3. The van der Waals surface area contributed by atoms with Crippen LogP contribution in [0.1, 0.15) is 0 Å². The van der Waals surface area contributed by atoms with E-state index < -0.39 is 5.76 Å². The highest BCUT2D eigenvalue weighted by Crippen LogP contribution is 2.21. The van der Waals surface area contributed by atoms with Crippen molar-refractivity contribution in [3.8, 4) is 0 Å². The lowest BCUT2D eigenvalue weighted by molar-refractivity contribution is -0.396. The number of rotatable bonds is 2. The van der Waals surface area contributed by atoms with Crippen LogP contribution in [0, 0.1) is 0 Å². The highest BCUT2D eigenvalue weighted by atomic mass is 32.2. The van der Waals surface area contributed by atoms with Crippen LogP contribution in [0.4, 0.5) is 8.78 Å². The molecule has 0 saturated carbocycles. The van der Waals surface area contributed by atoms with Gasteiger partial charge in [0.15, 0.2) is 11.0 Å². The Bertz CT molecular complexity index is 380. The fourth-order valence-corrected chi connectivity index (χ4v) is 1.64. The number of imidazole rings is 1. The molecule has 0 spiro atoms. The van der Waals surface area contributed by atoms with Crippen molar-refractivity contribution in [2.24, 2.45) is 0 Å². The predicted molar refractivity (Wildman–Crippen MR) is 46.7 cm³/mol. The molecule has 2 nitrogen and oxygen atoms in total. The van der Waals surface area contributed by atoms with Crippen molar-refractivity contribution < 1.29 is 13.8 Å². The van der Waals surface area contributed by atoms with Crippen LogP contribution < -0.4 is 4.98 Å². The van der Waals surface area contributed by atoms with Gasteiger partial charge >= 0.3 is 5.16 Å². The number of hydrogen-bond acceptors (Lipinski definition) is 1. The van der Waals surface area contributed by atoms with Crippen LogP contribution in [0.2, 0.25) is 0 Å². The van der Waals surface area contributed by atoms with E-state index in [9.17, 15) is 8.78 Å². The molecule has 0 atom stereocenters. The molecule has 1 aromatic heterocycles. The fourth-order valence-electron chi connectivity index (χ4n) is 1.13. The van der Waals surface area contributed by atoms with E-state index in [1.807, 2.05) is 24.3 Å². The predicted octanol–water partition coefficient (Wildman–Crippen LogP) is 2.30.